The monoisotopic (exact) mass is 459 g/mol. The van der Waals surface area contributed by atoms with Gasteiger partial charge in [-0.3, -0.25) is 4.79 Å². The van der Waals surface area contributed by atoms with E-state index in [9.17, 15) is 18.0 Å². The number of hydrogen-bond donors (Lipinski definition) is 1. The van der Waals surface area contributed by atoms with Crippen molar-refractivity contribution in [3.05, 3.63) is 59.3 Å². The average Bonchev–Trinajstić information content (AvgIpc) is 3.28. The Morgan fingerprint density at radius 2 is 1.85 bits per heavy atom. The third kappa shape index (κ3) is 4.81. The maximum atomic E-state index is 13.6. The van der Waals surface area contributed by atoms with Crippen LogP contribution in [0.5, 0.6) is 0 Å². The lowest BCUT2D eigenvalue weighted by atomic mass is 9.95. The van der Waals surface area contributed by atoms with E-state index in [1.165, 1.54) is 30.2 Å². The van der Waals surface area contributed by atoms with E-state index in [2.05, 4.69) is 25.5 Å². The first kappa shape index (κ1) is 22.7. The smallest absolute Gasteiger partial charge is 0.365 e. The molecule has 1 aliphatic rings. The molecule has 0 bridgehead atoms. The molecule has 174 valence electrons. The third-order valence-electron chi connectivity index (χ3n) is 5.71. The van der Waals surface area contributed by atoms with Crippen LogP contribution in [0.4, 0.5) is 19.0 Å². The molecule has 1 amide bonds. The lowest BCUT2D eigenvalue weighted by Gasteiger charge is -2.40. The maximum Gasteiger partial charge on any atom is 0.451 e. The fraction of sp³-hybridized carbons (Fsp3) is 0.409. The second-order valence-corrected chi connectivity index (χ2v) is 8.19. The van der Waals surface area contributed by atoms with E-state index in [1.807, 2.05) is 19.9 Å². The topological polar surface area (TPSA) is 88.8 Å². The van der Waals surface area contributed by atoms with E-state index in [1.54, 1.807) is 17.0 Å². The quantitative estimate of drug-likeness (QED) is 0.639. The van der Waals surface area contributed by atoms with Gasteiger partial charge in [0.1, 0.15) is 5.82 Å². The van der Waals surface area contributed by atoms with Gasteiger partial charge in [-0.25, -0.2) is 9.97 Å². The normalized spacial score (nSPS) is 18.9. The summed E-state index contributed by atoms with van der Waals surface area (Å²) in [5.41, 5.74) is 2.17. The molecule has 33 heavy (non-hydrogen) atoms. The number of halogens is 3. The van der Waals surface area contributed by atoms with Gasteiger partial charge < -0.3 is 10.2 Å². The number of hydrogen-bond acceptors (Lipinski definition) is 6. The van der Waals surface area contributed by atoms with Crippen molar-refractivity contribution in [2.75, 3.05) is 11.9 Å². The van der Waals surface area contributed by atoms with Crippen molar-refractivity contribution in [3.8, 4) is 5.69 Å². The van der Waals surface area contributed by atoms with E-state index < -0.39 is 12.0 Å². The van der Waals surface area contributed by atoms with Crippen LogP contribution in [0.1, 0.15) is 47.2 Å². The first-order valence-corrected chi connectivity index (χ1v) is 10.6. The standard InChI is InChI=1S/C22H24F3N7O/c1-13-6-7-18(32-26-8-9-27-32)16(11-13)20(33)31-10-4-5-17(15(31)3)29-19-12-14(2)28-21(30-19)22(23,24)25/h6-9,11-12,15,17H,4-5,10H2,1-3H3,(H,28,29,30). The van der Waals surface area contributed by atoms with Gasteiger partial charge in [0.2, 0.25) is 5.82 Å². The number of benzene rings is 1. The average molecular weight is 459 g/mol. The minimum atomic E-state index is -4.63. The number of likely N-dealkylation sites (tertiary alicyclic amines) is 1. The SMILES string of the molecule is Cc1ccc(-n2nccn2)c(C(=O)N2CCCC(Nc3cc(C)nc(C(F)(F)F)n3)C2C)c1. The van der Waals surface area contributed by atoms with E-state index >= 15 is 0 Å². The fourth-order valence-electron chi connectivity index (χ4n) is 4.07. The molecule has 0 aliphatic carbocycles. The van der Waals surface area contributed by atoms with Crippen molar-refractivity contribution < 1.29 is 18.0 Å². The molecule has 2 atom stereocenters. The summed E-state index contributed by atoms with van der Waals surface area (Å²) < 4.78 is 39.4. The molecule has 1 saturated heterocycles. The first-order chi connectivity index (χ1) is 15.6. The highest BCUT2D eigenvalue weighted by Crippen LogP contribution is 2.29. The van der Waals surface area contributed by atoms with Gasteiger partial charge in [0.15, 0.2) is 0 Å². The van der Waals surface area contributed by atoms with Gasteiger partial charge in [-0.2, -0.15) is 28.2 Å². The van der Waals surface area contributed by atoms with Crippen LogP contribution >= 0.6 is 0 Å². The molecule has 3 heterocycles. The van der Waals surface area contributed by atoms with Crippen molar-refractivity contribution in [3.63, 3.8) is 0 Å². The van der Waals surface area contributed by atoms with Crippen LogP contribution in [0.2, 0.25) is 0 Å². The molecule has 0 radical (unpaired) electrons. The molecule has 1 aromatic carbocycles. The van der Waals surface area contributed by atoms with Crippen LogP contribution < -0.4 is 5.32 Å². The molecule has 8 nitrogen and oxygen atoms in total. The molecule has 1 aliphatic heterocycles. The van der Waals surface area contributed by atoms with Crippen LogP contribution in [0, 0.1) is 13.8 Å². The zero-order chi connectivity index (χ0) is 23.8. The molecule has 3 aromatic rings. The highest BCUT2D eigenvalue weighted by atomic mass is 19.4. The molecule has 4 rings (SSSR count). The van der Waals surface area contributed by atoms with Gasteiger partial charge in [-0.05, 0) is 45.7 Å². The van der Waals surface area contributed by atoms with Crippen LogP contribution in [-0.2, 0) is 6.18 Å². The zero-order valence-electron chi connectivity index (χ0n) is 18.5. The predicted octanol–water partition coefficient (Wildman–Crippen LogP) is 3.80. The molecular formula is C22H24F3N7O. The number of aromatic nitrogens is 5. The first-order valence-electron chi connectivity index (χ1n) is 10.6. The number of nitrogens with zero attached hydrogens (tertiary/aromatic N) is 6. The van der Waals surface area contributed by atoms with E-state index in [0.717, 1.165) is 5.56 Å². The lowest BCUT2D eigenvalue weighted by Crippen LogP contribution is -2.52. The molecule has 11 heteroatoms. The minimum Gasteiger partial charge on any atom is -0.365 e. The van der Waals surface area contributed by atoms with Crippen molar-refractivity contribution in [1.82, 2.24) is 29.9 Å². The fourth-order valence-corrected chi connectivity index (χ4v) is 4.07. The molecule has 1 fully saturated rings. The number of carbonyl (C=O) groups excluding carboxylic acids is 1. The van der Waals surface area contributed by atoms with Crippen LogP contribution in [0.15, 0.2) is 36.7 Å². The van der Waals surface area contributed by atoms with Crippen LogP contribution in [-0.4, -0.2) is 54.4 Å². The Hall–Kier alpha value is -3.50. The van der Waals surface area contributed by atoms with Crippen molar-refractivity contribution in [2.24, 2.45) is 0 Å². The Balaban J connectivity index is 1.59. The second kappa shape index (κ2) is 8.80. The second-order valence-electron chi connectivity index (χ2n) is 8.19. The predicted molar refractivity (Wildman–Crippen MR) is 115 cm³/mol. The Morgan fingerprint density at radius 3 is 2.55 bits per heavy atom. The number of piperidine rings is 1. The Kier molecular flexibility index (Phi) is 6.05. The molecule has 2 unspecified atom stereocenters. The molecule has 0 spiro atoms. The van der Waals surface area contributed by atoms with Crippen molar-refractivity contribution >= 4 is 11.7 Å². The van der Waals surface area contributed by atoms with E-state index in [-0.39, 0.29) is 29.5 Å². The van der Waals surface area contributed by atoms with E-state index in [0.29, 0.717) is 30.6 Å². The summed E-state index contributed by atoms with van der Waals surface area (Å²) in [6.07, 6.45) is -0.167. The molecule has 1 N–H and O–H groups in total. The number of aryl methyl sites for hydroxylation is 2. The summed E-state index contributed by atoms with van der Waals surface area (Å²) in [4.78, 5) is 23.8. The number of amides is 1. The summed E-state index contributed by atoms with van der Waals surface area (Å²) >= 11 is 0. The molecular weight excluding hydrogens is 435 g/mol. The van der Waals surface area contributed by atoms with Gasteiger partial charge >= 0.3 is 6.18 Å². The summed E-state index contributed by atoms with van der Waals surface area (Å²) in [5.74, 6) is -1.27. The number of alkyl halides is 3. The number of carbonyl (C=O) groups is 1. The number of rotatable bonds is 4. The maximum absolute atomic E-state index is 13.6. The van der Waals surface area contributed by atoms with Crippen molar-refractivity contribution in [2.45, 2.75) is 51.9 Å². The highest BCUT2D eigenvalue weighted by molar-refractivity contribution is 5.98. The lowest BCUT2D eigenvalue weighted by molar-refractivity contribution is -0.145. The Labute approximate surface area is 188 Å². The van der Waals surface area contributed by atoms with Gasteiger partial charge in [-0.1, -0.05) is 11.6 Å². The van der Waals surface area contributed by atoms with Gasteiger partial charge in [0, 0.05) is 30.4 Å². The Bertz CT molecular complexity index is 1150. The molecule has 2 aromatic heterocycles. The summed E-state index contributed by atoms with van der Waals surface area (Å²) in [6, 6.07) is 6.41. The summed E-state index contributed by atoms with van der Waals surface area (Å²) in [5, 5.41) is 11.4. The van der Waals surface area contributed by atoms with E-state index in [4.69, 9.17) is 0 Å². The highest BCUT2D eigenvalue weighted by Gasteiger charge is 2.36. The summed E-state index contributed by atoms with van der Waals surface area (Å²) in [7, 11) is 0. The minimum absolute atomic E-state index is 0.0953. The molecule has 0 saturated carbocycles. The van der Waals surface area contributed by atoms with Gasteiger partial charge in [-0.15, -0.1) is 0 Å². The third-order valence-corrected chi connectivity index (χ3v) is 5.71. The largest absolute Gasteiger partial charge is 0.451 e. The zero-order valence-corrected chi connectivity index (χ0v) is 18.5. The van der Waals surface area contributed by atoms with Crippen LogP contribution in [0.25, 0.3) is 5.69 Å². The van der Waals surface area contributed by atoms with Crippen molar-refractivity contribution in [1.29, 1.82) is 0 Å². The van der Waals surface area contributed by atoms with Crippen LogP contribution in [0.3, 0.4) is 0 Å². The summed E-state index contributed by atoms with van der Waals surface area (Å²) in [6.45, 7) is 5.81. The van der Waals surface area contributed by atoms with Gasteiger partial charge in [0.25, 0.3) is 5.91 Å². The number of nitrogens with one attached hydrogen (secondary N) is 1. The number of anilines is 1. The Morgan fingerprint density at radius 1 is 1.12 bits per heavy atom. The van der Waals surface area contributed by atoms with Gasteiger partial charge in [0.05, 0.1) is 23.6 Å².